The van der Waals surface area contributed by atoms with E-state index >= 15 is 0 Å². The van der Waals surface area contributed by atoms with Gasteiger partial charge in [-0.05, 0) is 6.42 Å². The predicted octanol–water partition coefficient (Wildman–Crippen LogP) is 2.66. The highest BCUT2D eigenvalue weighted by molar-refractivity contribution is 7.46. The summed E-state index contributed by atoms with van der Waals surface area (Å²) in [6, 6.07) is 0. The Morgan fingerprint density at radius 3 is 2.12 bits per heavy atom. The average Bonchev–Trinajstić information content (AvgIpc) is 2.26. The topological polar surface area (TPSA) is 76.0 Å². The number of hydrogen-bond acceptors (Lipinski definition) is 3. The molecular formula is C11H23O5P. The van der Waals surface area contributed by atoms with E-state index in [-0.39, 0.29) is 6.61 Å². The molecule has 5 nitrogen and oxygen atoms in total. The van der Waals surface area contributed by atoms with Crippen LogP contribution in [0.25, 0.3) is 0 Å². The van der Waals surface area contributed by atoms with Crippen LogP contribution in [0.3, 0.4) is 0 Å². The molecule has 0 fully saturated rings. The molecule has 0 aromatic rings. The van der Waals surface area contributed by atoms with Gasteiger partial charge < -0.3 is 14.5 Å². The van der Waals surface area contributed by atoms with Crippen LogP contribution in [0.2, 0.25) is 0 Å². The molecule has 0 amide bonds. The van der Waals surface area contributed by atoms with E-state index in [0.717, 1.165) is 6.61 Å². The highest BCUT2D eigenvalue weighted by Crippen LogP contribution is 2.35. The van der Waals surface area contributed by atoms with Crippen molar-refractivity contribution in [3.63, 3.8) is 0 Å². The molecule has 0 saturated carbocycles. The predicted molar refractivity (Wildman–Crippen MR) is 68.7 cm³/mol. The van der Waals surface area contributed by atoms with E-state index in [1.54, 1.807) is 6.08 Å². The summed E-state index contributed by atoms with van der Waals surface area (Å²) < 4.78 is 18.9. The molecular weight excluding hydrogens is 243 g/mol. The van der Waals surface area contributed by atoms with Crippen molar-refractivity contribution >= 4 is 7.82 Å². The SMILES string of the molecule is C=CCOCCCCC.C=CCOP(=O)(O)O. The van der Waals surface area contributed by atoms with E-state index in [2.05, 4.69) is 24.6 Å². The van der Waals surface area contributed by atoms with Crippen molar-refractivity contribution in [2.75, 3.05) is 19.8 Å². The van der Waals surface area contributed by atoms with Crippen LogP contribution >= 0.6 is 7.82 Å². The number of hydrogen-bond donors (Lipinski definition) is 2. The zero-order valence-corrected chi connectivity index (χ0v) is 11.3. The van der Waals surface area contributed by atoms with Crippen molar-refractivity contribution in [1.82, 2.24) is 0 Å². The molecule has 0 aromatic heterocycles. The van der Waals surface area contributed by atoms with Gasteiger partial charge in [0.25, 0.3) is 0 Å². The summed E-state index contributed by atoms with van der Waals surface area (Å²) in [4.78, 5) is 16.0. The Morgan fingerprint density at radius 1 is 1.18 bits per heavy atom. The van der Waals surface area contributed by atoms with Crippen molar-refractivity contribution in [1.29, 1.82) is 0 Å². The molecule has 0 heterocycles. The van der Waals surface area contributed by atoms with E-state index in [1.165, 1.54) is 25.3 Å². The first-order valence-electron chi connectivity index (χ1n) is 5.47. The van der Waals surface area contributed by atoms with E-state index in [0.29, 0.717) is 6.61 Å². The van der Waals surface area contributed by atoms with Crippen molar-refractivity contribution in [3.8, 4) is 0 Å². The van der Waals surface area contributed by atoms with Gasteiger partial charge in [0.1, 0.15) is 0 Å². The third-order valence-electron chi connectivity index (χ3n) is 1.49. The number of phosphoric ester groups is 1. The lowest BCUT2D eigenvalue weighted by Gasteiger charge is -1.98. The number of rotatable bonds is 9. The Kier molecular flexibility index (Phi) is 15.1. The Labute approximate surface area is 103 Å². The Balaban J connectivity index is 0. The molecule has 0 atom stereocenters. The van der Waals surface area contributed by atoms with Gasteiger partial charge in [-0.15, -0.1) is 13.2 Å². The molecule has 0 aliphatic heterocycles. The second-order valence-electron chi connectivity index (χ2n) is 3.15. The van der Waals surface area contributed by atoms with Crippen molar-refractivity contribution in [2.24, 2.45) is 0 Å². The summed E-state index contributed by atoms with van der Waals surface area (Å²) >= 11 is 0. The van der Waals surface area contributed by atoms with Gasteiger partial charge in [0.15, 0.2) is 0 Å². The van der Waals surface area contributed by atoms with Gasteiger partial charge >= 0.3 is 7.82 Å². The summed E-state index contributed by atoms with van der Waals surface area (Å²) in [7, 11) is -4.25. The van der Waals surface area contributed by atoms with E-state index in [1.807, 2.05) is 0 Å². The lowest BCUT2D eigenvalue weighted by Crippen LogP contribution is -1.92. The first kappa shape index (κ1) is 18.9. The first-order chi connectivity index (χ1) is 7.97. The summed E-state index contributed by atoms with van der Waals surface area (Å²) in [5, 5.41) is 0. The minimum Gasteiger partial charge on any atom is -0.377 e. The van der Waals surface area contributed by atoms with Crippen LogP contribution in [0.4, 0.5) is 0 Å². The van der Waals surface area contributed by atoms with Crippen LogP contribution in [-0.4, -0.2) is 29.6 Å². The van der Waals surface area contributed by atoms with Gasteiger partial charge in [-0.1, -0.05) is 31.9 Å². The van der Waals surface area contributed by atoms with Crippen LogP contribution in [0, 0.1) is 0 Å². The summed E-state index contributed by atoms with van der Waals surface area (Å²) in [6.07, 6.45) is 6.77. The summed E-state index contributed by atoms with van der Waals surface area (Å²) in [5.41, 5.74) is 0. The van der Waals surface area contributed by atoms with Crippen molar-refractivity contribution in [2.45, 2.75) is 26.2 Å². The fraction of sp³-hybridized carbons (Fsp3) is 0.636. The summed E-state index contributed by atoms with van der Waals surface area (Å²) in [5.74, 6) is 0. The van der Waals surface area contributed by atoms with E-state index in [4.69, 9.17) is 14.5 Å². The smallest absolute Gasteiger partial charge is 0.377 e. The zero-order chi connectivity index (χ0) is 13.6. The molecule has 0 aliphatic carbocycles. The van der Waals surface area contributed by atoms with Gasteiger partial charge in [-0.25, -0.2) is 4.57 Å². The lowest BCUT2D eigenvalue weighted by molar-refractivity contribution is 0.158. The van der Waals surface area contributed by atoms with Crippen LogP contribution in [0.5, 0.6) is 0 Å². The third kappa shape index (κ3) is 25.7. The Morgan fingerprint density at radius 2 is 1.76 bits per heavy atom. The molecule has 0 aromatic carbocycles. The molecule has 0 radical (unpaired) electrons. The highest BCUT2D eigenvalue weighted by Gasteiger charge is 2.10. The molecule has 0 aliphatic rings. The molecule has 0 spiro atoms. The fourth-order valence-corrected chi connectivity index (χ4v) is 1.07. The maximum Gasteiger partial charge on any atom is 0.469 e. The van der Waals surface area contributed by atoms with Gasteiger partial charge in [0.2, 0.25) is 0 Å². The number of unbranched alkanes of at least 4 members (excludes halogenated alkanes) is 2. The Bertz CT molecular complexity index is 224. The van der Waals surface area contributed by atoms with Crippen LogP contribution in [-0.2, 0) is 13.8 Å². The first-order valence-corrected chi connectivity index (χ1v) is 7.00. The molecule has 0 rings (SSSR count). The summed E-state index contributed by atoms with van der Waals surface area (Å²) in [6.45, 7) is 10.4. The minimum absolute atomic E-state index is 0.121. The maximum atomic E-state index is 9.81. The largest absolute Gasteiger partial charge is 0.469 e. The second kappa shape index (κ2) is 13.6. The van der Waals surface area contributed by atoms with E-state index in [9.17, 15) is 4.57 Å². The molecule has 6 heteroatoms. The fourth-order valence-electron chi connectivity index (χ4n) is 0.771. The number of phosphoric acid groups is 1. The van der Waals surface area contributed by atoms with E-state index < -0.39 is 7.82 Å². The lowest BCUT2D eigenvalue weighted by atomic mass is 10.3. The van der Waals surface area contributed by atoms with Crippen LogP contribution in [0.15, 0.2) is 25.3 Å². The molecule has 2 N–H and O–H groups in total. The van der Waals surface area contributed by atoms with Gasteiger partial charge in [-0.2, -0.15) is 0 Å². The molecule has 0 saturated heterocycles. The Hall–Kier alpha value is -0.450. The standard InChI is InChI=1S/C8H16O.C3H7O4P/c1-3-5-6-8-9-7-4-2;1-2-3-7-8(4,5)6/h4H,2-3,5-8H2,1H3;2H,1,3H2,(H2,4,5,6). The number of ether oxygens (including phenoxy) is 1. The maximum absolute atomic E-state index is 9.81. The molecule has 17 heavy (non-hydrogen) atoms. The second-order valence-corrected chi connectivity index (χ2v) is 4.39. The van der Waals surface area contributed by atoms with Gasteiger partial charge in [-0.3, -0.25) is 4.52 Å². The third-order valence-corrected chi connectivity index (χ3v) is 1.97. The zero-order valence-electron chi connectivity index (χ0n) is 10.4. The van der Waals surface area contributed by atoms with Crippen LogP contribution < -0.4 is 0 Å². The van der Waals surface area contributed by atoms with Crippen molar-refractivity contribution < 1.29 is 23.6 Å². The van der Waals surface area contributed by atoms with Crippen molar-refractivity contribution in [3.05, 3.63) is 25.3 Å². The molecule has 102 valence electrons. The molecule has 0 bridgehead atoms. The monoisotopic (exact) mass is 266 g/mol. The quantitative estimate of drug-likeness (QED) is 0.381. The van der Waals surface area contributed by atoms with Gasteiger partial charge in [0.05, 0.1) is 13.2 Å². The minimum atomic E-state index is -4.25. The molecule has 0 unspecified atom stereocenters. The highest BCUT2D eigenvalue weighted by atomic mass is 31.2. The average molecular weight is 266 g/mol. The van der Waals surface area contributed by atoms with Gasteiger partial charge in [0, 0.05) is 6.61 Å². The normalized spacial score (nSPS) is 10.3. The van der Waals surface area contributed by atoms with Crippen LogP contribution in [0.1, 0.15) is 26.2 Å².